The third-order valence-corrected chi connectivity index (χ3v) is 5.95. The lowest BCUT2D eigenvalue weighted by Crippen LogP contribution is -2.45. The Bertz CT molecular complexity index is 665. The molecule has 0 saturated carbocycles. The molecule has 0 bridgehead atoms. The van der Waals surface area contributed by atoms with Crippen LogP contribution in [0.4, 0.5) is 0 Å². The van der Waals surface area contributed by atoms with Gasteiger partial charge in [0.15, 0.2) is 6.29 Å². The van der Waals surface area contributed by atoms with Crippen LogP contribution in [0, 0.1) is 0 Å². The van der Waals surface area contributed by atoms with Crippen LogP contribution < -0.4 is 4.74 Å². The third kappa shape index (κ3) is 7.12. The highest BCUT2D eigenvalue weighted by Crippen LogP contribution is 2.28. The molecular formula is C23H37NO7. The fourth-order valence-corrected chi connectivity index (χ4v) is 3.71. The average Bonchev–Trinajstić information content (AvgIpc) is 3.07. The minimum Gasteiger partial charge on any atom is -0.497 e. The number of nitrogens with zero attached hydrogens (tertiary/aromatic N) is 1. The number of hydrogen-bond acceptors (Lipinski definition) is 8. The predicted molar refractivity (Wildman–Crippen MR) is 115 cm³/mol. The van der Waals surface area contributed by atoms with Gasteiger partial charge in [-0.15, -0.1) is 0 Å². The number of hydrogen-bond donors (Lipinski definition) is 1. The molecule has 8 nitrogen and oxygen atoms in total. The maximum absolute atomic E-state index is 10.9. The van der Waals surface area contributed by atoms with E-state index in [1.165, 1.54) is 0 Å². The lowest BCUT2D eigenvalue weighted by Gasteiger charge is -2.30. The third-order valence-electron chi connectivity index (χ3n) is 5.95. The van der Waals surface area contributed by atoms with Gasteiger partial charge in [-0.2, -0.15) is 0 Å². The normalized spacial score (nSPS) is 27.5. The zero-order chi connectivity index (χ0) is 22.3. The second-order valence-electron chi connectivity index (χ2n) is 8.66. The topological polar surface area (TPSA) is 78.9 Å². The molecule has 1 aromatic rings. The molecule has 1 aromatic carbocycles. The molecule has 176 valence electrons. The van der Waals surface area contributed by atoms with Gasteiger partial charge in [-0.1, -0.05) is 12.1 Å². The molecular weight excluding hydrogens is 402 g/mol. The summed E-state index contributed by atoms with van der Waals surface area (Å²) in [6.45, 7) is 8.53. The van der Waals surface area contributed by atoms with Crippen LogP contribution in [0.15, 0.2) is 24.3 Å². The van der Waals surface area contributed by atoms with E-state index >= 15 is 0 Å². The van der Waals surface area contributed by atoms with Crippen molar-refractivity contribution < 1.29 is 33.5 Å². The van der Waals surface area contributed by atoms with Gasteiger partial charge in [0.1, 0.15) is 24.1 Å². The Morgan fingerprint density at radius 2 is 1.94 bits per heavy atom. The minimum absolute atomic E-state index is 0.292. The van der Waals surface area contributed by atoms with E-state index in [0.717, 1.165) is 24.4 Å². The van der Waals surface area contributed by atoms with Crippen LogP contribution in [0.5, 0.6) is 5.75 Å². The standard InChI is InChI=1S/C23H37NO7/c1-23(2,27-4)8-11-29-22-20(25)21(19(31-22)15-24-9-12-28-13-10-24)30-16-17-6-5-7-18(14-17)26-3/h5-7,14,19-22,25H,8-13,15-16H2,1-4H3. The van der Waals surface area contributed by atoms with Crippen LogP contribution in [0.3, 0.4) is 0 Å². The number of rotatable bonds is 11. The van der Waals surface area contributed by atoms with Gasteiger partial charge in [-0.3, -0.25) is 4.90 Å². The molecule has 2 saturated heterocycles. The molecule has 0 spiro atoms. The predicted octanol–water partition coefficient (Wildman–Crippen LogP) is 1.83. The summed E-state index contributed by atoms with van der Waals surface area (Å²) in [5, 5.41) is 10.9. The van der Waals surface area contributed by atoms with Crippen molar-refractivity contribution in [3.63, 3.8) is 0 Å². The van der Waals surface area contributed by atoms with Crippen LogP contribution in [0.2, 0.25) is 0 Å². The summed E-state index contributed by atoms with van der Waals surface area (Å²) in [5.41, 5.74) is 0.682. The summed E-state index contributed by atoms with van der Waals surface area (Å²) in [5.74, 6) is 0.774. The summed E-state index contributed by atoms with van der Waals surface area (Å²) < 4.78 is 34.4. The molecule has 2 heterocycles. The Hall–Kier alpha value is -1.26. The van der Waals surface area contributed by atoms with Crippen molar-refractivity contribution in [3.8, 4) is 5.75 Å². The summed E-state index contributed by atoms with van der Waals surface area (Å²) >= 11 is 0. The molecule has 4 atom stereocenters. The Labute approximate surface area is 185 Å². The van der Waals surface area contributed by atoms with E-state index in [2.05, 4.69) is 4.90 Å². The second kappa shape index (κ2) is 11.6. The average molecular weight is 440 g/mol. The molecule has 0 aromatic heterocycles. The van der Waals surface area contributed by atoms with Gasteiger partial charge < -0.3 is 33.5 Å². The van der Waals surface area contributed by atoms with E-state index in [1.807, 2.05) is 38.1 Å². The molecule has 0 radical (unpaired) electrons. The van der Waals surface area contributed by atoms with Crippen LogP contribution in [-0.2, 0) is 30.3 Å². The maximum Gasteiger partial charge on any atom is 0.186 e. The summed E-state index contributed by atoms with van der Waals surface area (Å²) in [6.07, 6.45) is -1.69. The van der Waals surface area contributed by atoms with Gasteiger partial charge in [0, 0.05) is 26.7 Å². The monoisotopic (exact) mass is 439 g/mol. The van der Waals surface area contributed by atoms with Crippen molar-refractivity contribution >= 4 is 0 Å². The van der Waals surface area contributed by atoms with E-state index < -0.39 is 18.5 Å². The van der Waals surface area contributed by atoms with Gasteiger partial charge in [0.25, 0.3) is 0 Å². The Balaban J connectivity index is 1.61. The molecule has 2 fully saturated rings. The highest BCUT2D eigenvalue weighted by atomic mass is 16.7. The summed E-state index contributed by atoms with van der Waals surface area (Å²) in [6, 6.07) is 7.72. The number of methoxy groups -OCH3 is 2. The lowest BCUT2D eigenvalue weighted by atomic mass is 10.1. The number of benzene rings is 1. The van der Waals surface area contributed by atoms with Crippen molar-refractivity contribution in [3.05, 3.63) is 29.8 Å². The van der Waals surface area contributed by atoms with Gasteiger partial charge >= 0.3 is 0 Å². The second-order valence-corrected chi connectivity index (χ2v) is 8.66. The van der Waals surface area contributed by atoms with Crippen molar-refractivity contribution in [2.24, 2.45) is 0 Å². The van der Waals surface area contributed by atoms with Crippen molar-refractivity contribution in [2.45, 2.75) is 57.1 Å². The zero-order valence-electron chi connectivity index (χ0n) is 19.1. The van der Waals surface area contributed by atoms with Gasteiger partial charge in [0.05, 0.1) is 39.1 Å². The van der Waals surface area contributed by atoms with Crippen LogP contribution in [0.1, 0.15) is 25.8 Å². The minimum atomic E-state index is -0.873. The SMILES string of the molecule is COc1cccc(COC2C(CN3CCOCC3)OC(OCCC(C)(C)OC)C2O)c1. The van der Waals surface area contributed by atoms with Crippen molar-refractivity contribution in [1.82, 2.24) is 4.90 Å². The quantitative estimate of drug-likeness (QED) is 0.560. The van der Waals surface area contributed by atoms with Gasteiger partial charge in [-0.25, -0.2) is 0 Å². The molecule has 2 aliphatic heterocycles. The van der Waals surface area contributed by atoms with E-state index in [-0.39, 0.29) is 11.7 Å². The number of morpholine rings is 1. The molecule has 31 heavy (non-hydrogen) atoms. The first-order valence-corrected chi connectivity index (χ1v) is 11.0. The fraction of sp³-hybridized carbons (Fsp3) is 0.739. The molecule has 1 N–H and O–H groups in total. The van der Waals surface area contributed by atoms with E-state index in [0.29, 0.717) is 39.4 Å². The Morgan fingerprint density at radius 1 is 1.16 bits per heavy atom. The van der Waals surface area contributed by atoms with E-state index in [9.17, 15) is 5.11 Å². The number of ether oxygens (including phenoxy) is 6. The molecule has 4 unspecified atom stereocenters. The summed E-state index contributed by atoms with van der Waals surface area (Å²) in [7, 11) is 3.32. The molecule has 3 rings (SSSR count). The lowest BCUT2D eigenvalue weighted by molar-refractivity contribution is -0.174. The first kappa shape index (κ1) is 24.4. The first-order valence-electron chi connectivity index (χ1n) is 11.0. The Kier molecular flexibility index (Phi) is 9.09. The fourth-order valence-electron chi connectivity index (χ4n) is 3.71. The highest BCUT2D eigenvalue weighted by Gasteiger charge is 2.46. The molecule has 0 aliphatic carbocycles. The van der Waals surface area contributed by atoms with Gasteiger partial charge in [-0.05, 0) is 38.0 Å². The van der Waals surface area contributed by atoms with E-state index in [1.54, 1.807) is 14.2 Å². The van der Waals surface area contributed by atoms with Crippen LogP contribution in [0.25, 0.3) is 0 Å². The molecule has 2 aliphatic rings. The molecule has 8 heteroatoms. The Morgan fingerprint density at radius 3 is 2.65 bits per heavy atom. The zero-order valence-corrected chi connectivity index (χ0v) is 19.1. The number of aliphatic hydroxyl groups is 1. The largest absolute Gasteiger partial charge is 0.497 e. The van der Waals surface area contributed by atoms with Crippen LogP contribution in [-0.4, -0.2) is 93.9 Å². The smallest absolute Gasteiger partial charge is 0.186 e. The van der Waals surface area contributed by atoms with Crippen molar-refractivity contribution in [2.75, 3.05) is 53.7 Å². The maximum atomic E-state index is 10.9. The van der Waals surface area contributed by atoms with E-state index in [4.69, 9.17) is 28.4 Å². The van der Waals surface area contributed by atoms with Gasteiger partial charge in [0.2, 0.25) is 0 Å². The molecule has 0 amide bonds. The summed E-state index contributed by atoms with van der Waals surface area (Å²) in [4.78, 5) is 2.28. The van der Waals surface area contributed by atoms with Crippen LogP contribution >= 0.6 is 0 Å². The van der Waals surface area contributed by atoms with Crippen molar-refractivity contribution in [1.29, 1.82) is 0 Å². The highest BCUT2D eigenvalue weighted by molar-refractivity contribution is 5.27. The number of aliphatic hydroxyl groups excluding tert-OH is 1. The first-order chi connectivity index (χ1) is 14.9.